The fraction of sp³-hybridized carbons (Fsp3) is 0.650. The summed E-state index contributed by atoms with van der Waals surface area (Å²) < 4.78 is 19.0. The van der Waals surface area contributed by atoms with E-state index in [1.165, 1.54) is 25.1 Å². The third-order valence-electron chi connectivity index (χ3n) is 4.52. The standard InChI is InChI=1S/C20H34FN5O/c1-4-22-20(23-9-12-26-11-6-10-25(3)13-14-26)24-16-17(2)27-19-8-5-7-18(21)15-19/h5,7-8,15,17H,4,6,9-14,16H2,1-3H3,(H2,22,23,24). The highest BCUT2D eigenvalue weighted by molar-refractivity contribution is 5.79. The maximum absolute atomic E-state index is 13.2. The van der Waals surface area contributed by atoms with Crippen LogP contribution in [0.4, 0.5) is 4.39 Å². The number of hydrogen-bond donors (Lipinski definition) is 2. The molecule has 1 saturated heterocycles. The lowest BCUT2D eigenvalue weighted by molar-refractivity contribution is 0.229. The van der Waals surface area contributed by atoms with Crippen LogP contribution in [0.1, 0.15) is 20.3 Å². The number of nitrogens with one attached hydrogen (secondary N) is 2. The molecule has 27 heavy (non-hydrogen) atoms. The zero-order valence-electron chi connectivity index (χ0n) is 16.9. The number of likely N-dealkylation sites (N-methyl/N-ethyl adjacent to an activating group) is 1. The minimum atomic E-state index is -0.294. The lowest BCUT2D eigenvalue weighted by atomic mass is 10.3. The Balaban J connectivity index is 1.75. The minimum absolute atomic E-state index is 0.136. The van der Waals surface area contributed by atoms with Crippen LogP contribution in [0.25, 0.3) is 0 Å². The van der Waals surface area contributed by atoms with Gasteiger partial charge in [0.1, 0.15) is 17.7 Å². The van der Waals surface area contributed by atoms with Gasteiger partial charge in [0, 0.05) is 38.8 Å². The van der Waals surface area contributed by atoms with Gasteiger partial charge < -0.3 is 25.2 Å². The SMILES string of the molecule is CCNC(=NCC(C)Oc1cccc(F)c1)NCCN1CCCN(C)CC1. The molecule has 7 heteroatoms. The number of aliphatic imine (C=N–C) groups is 1. The minimum Gasteiger partial charge on any atom is -0.489 e. The first-order valence-corrected chi connectivity index (χ1v) is 9.92. The molecule has 1 aliphatic rings. The summed E-state index contributed by atoms with van der Waals surface area (Å²) in [5, 5.41) is 6.66. The van der Waals surface area contributed by atoms with Gasteiger partial charge in [0.2, 0.25) is 0 Å². The van der Waals surface area contributed by atoms with E-state index >= 15 is 0 Å². The van der Waals surface area contributed by atoms with Gasteiger partial charge in [-0.15, -0.1) is 0 Å². The zero-order valence-corrected chi connectivity index (χ0v) is 16.9. The summed E-state index contributed by atoms with van der Waals surface area (Å²) >= 11 is 0. The molecule has 1 aliphatic heterocycles. The Morgan fingerprint density at radius 3 is 2.89 bits per heavy atom. The van der Waals surface area contributed by atoms with Crippen molar-refractivity contribution < 1.29 is 9.13 Å². The number of guanidine groups is 1. The van der Waals surface area contributed by atoms with Crippen LogP contribution in [0, 0.1) is 5.82 Å². The average molecular weight is 380 g/mol. The number of halogens is 1. The number of hydrogen-bond acceptors (Lipinski definition) is 4. The van der Waals surface area contributed by atoms with E-state index in [-0.39, 0.29) is 11.9 Å². The normalized spacial score (nSPS) is 18.0. The molecule has 0 bridgehead atoms. The Kier molecular flexibility index (Phi) is 9.35. The molecule has 2 N–H and O–H groups in total. The summed E-state index contributed by atoms with van der Waals surface area (Å²) in [5.74, 6) is 1.03. The van der Waals surface area contributed by atoms with Crippen LogP contribution >= 0.6 is 0 Å². The summed E-state index contributed by atoms with van der Waals surface area (Å²) in [6, 6.07) is 6.20. The van der Waals surface area contributed by atoms with Crippen molar-refractivity contribution in [2.45, 2.75) is 26.4 Å². The van der Waals surface area contributed by atoms with Crippen LogP contribution in [0.3, 0.4) is 0 Å². The van der Waals surface area contributed by atoms with Gasteiger partial charge in [-0.05, 0) is 52.5 Å². The zero-order chi connectivity index (χ0) is 19.5. The fourth-order valence-electron chi connectivity index (χ4n) is 3.03. The van der Waals surface area contributed by atoms with Gasteiger partial charge in [-0.1, -0.05) is 6.07 Å². The van der Waals surface area contributed by atoms with E-state index < -0.39 is 0 Å². The van der Waals surface area contributed by atoms with Crippen molar-refractivity contribution in [1.82, 2.24) is 20.4 Å². The number of rotatable bonds is 8. The first kappa shape index (κ1) is 21.4. The number of nitrogens with zero attached hydrogens (tertiary/aromatic N) is 3. The average Bonchev–Trinajstić information content (AvgIpc) is 2.84. The van der Waals surface area contributed by atoms with Gasteiger partial charge in [-0.25, -0.2) is 9.38 Å². The van der Waals surface area contributed by atoms with Gasteiger partial charge in [-0.3, -0.25) is 0 Å². The number of benzene rings is 1. The Morgan fingerprint density at radius 2 is 2.11 bits per heavy atom. The summed E-state index contributed by atoms with van der Waals surface area (Å²) in [6.07, 6.45) is 1.09. The molecule has 0 saturated carbocycles. The van der Waals surface area contributed by atoms with Crippen molar-refractivity contribution in [3.8, 4) is 5.75 Å². The van der Waals surface area contributed by atoms with Crippen LogP contribution in [0.5, 0.6) is 5.75 Å². The Labute approximate surface area is 162 Å². The second-order valence-corrected chi connectivity index (χ2v) is 7.03. The van der Waals surface area contributed by atoms with Gasteiger partial charge in [0.05, 0.1) is 6.54 Å². The highest BCUT2D eigenvalue weighted by Crippen LogP contribution is 2.13. The van der Waals surface area contributed by atoms with Gasteiger partial charge in [-0.2, -0.15) is 0 Å². The van der Waals surface area contributed by atoms with E-state index in [0.717, 1.165) is 45.2 Å². The van der Waals surface area contributed by atoms with E-state index in [1.54, 1.807) is 12.1 Å². The Bertz CT molecular complexity index is 583. The molecule has 1 unspecified atom stereocenters. The molecule has 0 radical (unpaired) electrons. The van der Waals surface area contributed by atoms with E-state index in [1.807, 2.05) is 6.92 Å². The molecule has 0 amide bonds. The largest absolute Gasteiger partial charge is 0.489 e. The summed E-state index contributed by atoms with van der Waals surface area (Å²) in [4.78, 5) is 9.48. The van der Waals surface area contributed by atoms with E-state index in [9.17, 15) is 4.39 Å². The predicted octanol–water partition coefficient (Wildman–Crippen LogP) is 1.79. The summed E-state index contributed by atoms with van der Waals surface area (Å²) in [7, 11) is 2.19. The molecular weight excluding hydrogens is 345 g/mol. The van der Waals surface area contributed by atoms with Crippen molar-refractivity contribution in [1.29, 1.82) is 0 Å². The van der Waals surface area contributed by atoms with E-state index in [4.69, 9.17) is 4.74 Å². The second-order valence-electron chi connectivity index (χ2n) is 7.03. The predicted molar refractivity (Wildman–Crippen MR) is 109 cm³/mol. The van der Waals surface area contributed by atoms with Crippen LogP contribution in [-0.2, 0) is 0 Å². The Morgan fingerprint density at radius 1 is 1.26 bits per heavy atom. The van der Waals surface area contributed by atoms with Gasteiger partial charge >= 0.3 is 0 Å². The van der Waals surface area contributed by atoms with Gasteiger partial charge in [0.25, 0.3) is 0 Å². The highest BCUT2D eigenvalue weighted by atomic mass is 19.1. The summed E-state index contributed by atoms with van der Waals surface area (Å²) in [5.41, 5.74) is 0. The van der Waals surface area contributed by atoms with Crippen LogP contribution in [0.15, 0.2) is 29.3 Å². The van der Waals surface area contributed by atoms with E-state index in [2.05, 4.69) is 39.4 Å². The Hall–Kier alpha value is -1.86. The first-order chi connectivity index (χ1) is 13.1. The molecule has 152 valence electrons. The van der Waals surface area contributed by atoms with Crippen molar-refractivity contribution in [3.63, 3.8) is 0 Å². The molecule has 1 aromatic rings. The van der Waals surface area contributed by atoms with Crippen LogP contribution in [0.2, 0.25) is 0 Å². The molecule has 1 aromatic carbocycles. The lowest BCUT2D eigenvalue weighted by Crippen LogP contribution is -2.42. The molecule has 0 spiro atoms. The number of ether oxygens (including phenoxy) is 1. The van der Waals surface area contributed by atoms with Crippen molar-refractivity contribution in [3.05, 3.63) is 30.1 Å². The highest BCUT2D eigenvalue weighted by Gasteiger charge is 2.11. The van der Waals surface area contributed by atoms with Gasteiger partial charge in [0.15, 0.2) is 5.96 Å². The first-order valence-electron chi connectivity index (χ1n) is 9.92. The second kappa shape index (κ2) is 11.8. The third kappa shape index (κ3) is 8.58. The molecular formula is C20H34FN5O. The van der Waals surface area contributed by atoms with Crippen molar-refractivity contribution in [2.75, 3.05) is 59.4 Å². The molecule has 1 heterocycles. The molecule has 6 nitrogen and oxygen atoms in total. The quantitative estimate of drug-likeness (QED) is 0.533. The van der Waals surface area contributed by atoms with Crippen LogP contribution < -0.4 is 15.4 Å². The van der Waals surface area contributed by atoms with Crippen LogP contribution in [-0.4, -0.2) is 81.3 Å². The molecule has 2 rings (SSSR count). The molecule has 0 aromatic heterocycles. The smallest absolute Gasteiger partial charge is 0.191 e. The third-order valence-corrected chi connectivity index (χ3v) is 4.52. The lowest BCUT2D eigenvalue weighted by Gasteiger charge is -2.21. The molecule has 1 atom stereocenters. The maximum atomic E-state index is 13.2. The molecule has 1 fully saturated rings. The monoisotopic (exact) mass is 379 g/mol. The van der Waals surface area contributed by atoms with Crippen molar-refractivity contribution in [2.24, 2.45) is 4.99 Å². The summed E-state index contributed by atoms with van der Waals surface area (Å²) in [6.45, 7) is 11.7. The van der Waals surface area contributed by atoms with E-state index in [0.29, 0.717) is 12.3 Å². The van der Waals surface area contributed by atoms with Crippen molar-refractivity contribution >= 4 is 5.96 Å². The fourth-order valence-corrected chi connectivity index (χ4v) is 3.03. The maximum Gasteiger partial charge on any atom is 0.191 e. The molecule has 0 aliphatic carbocycles. The topological polar surface area (TPSA) is 52.1 Å².